The van der Waals surface area contributed by atoms with Crippen molar-refractivity contribution in [1.29, 1.82) is 5.41 Å². The number of halogens is 4. The Morgan fingerprint density at radius 1 is 1.11 bits per heavy atom. The number of Topliss-reactive ketones (excluding diaryl/α,β-unsaturated/α-hetero) is 2. The van der Waals surface area contributed by atoms with E-state index in [1.807, 2.05) is 0 Å². The van der Waals surface area contributed by atoms with Crippen LogP contribution >= 0.6 is 23.2 Å². The summed E-state index contributed by atoms with van der Waals surface area (Å²) in [4.78, 5) is 47.0. The molecule has 1 heterocycles. The summed E-state index contributed by atoms with van der Waals surface area (Å²) in [7, 11) is 0. The SMILES string of the molecule is CCC(F)(F)C(=NC1CCC(C(=O)O)CC1)C(C=N)C(=O)CC(CCCC1CCCCC1)CC(=O)c1c(Cl)cc(C)nc1Cl. The van der Waals surface area contributed by atoms with Crippen LogP contribution in [0.2, 0.25) is 10.2 Å². The van der Waals surface area contributed by atoms with Crippen molar-refractivity contribution in [2.45, 2.75) is 122 Å². The molecule has 0 spiro atoms. The number of hydrogen-bond donors (Lipinski definition) is 2. The summed E-state index contributed by atoms with van der Waals surface area (Å²) < 4.78 is 30.6. The number of aliphatic carboxylic acids is 1. The number of aliphatic imine (C=N–C) groups is 1. The van der Waals surface area contributed by atoms with Crippen molar-refractivity contribution in [1.82, 2.24) is 4.98 Å². The van der Waals surface area contributed by atoms with Crippen LogP contribution in [-0.4, -0.2) is 51.5 Å². The van der Waals surface area contributed by atoms with Gasteiger partial charge in [-0.3, -0.25) is 19.4 Å². The number of carbonyl (C=O) groups is 3. The normalized spacial score (nSPS) is 21.5. The molecule has 3 rings (SSSR count). The maximum atomic E-state index is 15.3. The molecule has 1 aromatic rings. The molecule has 2 N–H and O–H groups in total. The third kappa shape index (κ3) is 10.1. The average molecular weight is 657 g/mol. The number of nitrogens with one attached hydrogen (secondary N) is 1. The standard InChI is InChI=1S/C33H45Cl2F2N3O4/c1-3-33(36,37)30(40-24-14-12-23(13-15-24)32(43)44)25(19-38)27(41)17-22(11-7-10-21-8-5-4-6-9-21)18-28(42)29-26(34)16-20(2)39-31(29)35/h16,19,21-25,38H,3-15,17-18H2,1-2H3,(H,43,44). The number of aryl methyl sites for hydroxylation is 1. The number of aromatic nitrogens is 1. The van der Waals surface area contributed by atoms with Crippen molar-refractivity contribution in [3.05, 3.63) is 27.5 Å². The number of hydrogen-bond acceptors (Lipinski definition) is 6. The lowest BCUT2D eigenvalue weighted by atomic mass is 9.81. The molecule has 0 bridgehead atoms. The second-order valence-electron chi connectivity index (χ2n) is 12.6. The van der Waals surface area contributed by atoms with Gasteiger partial charge >= 0.3 is 5.97 Å². The van der Waals surface area contributed by atoms with Crippen molar-refractivity contribution >= 4 is 52.7 Å². The smallest absolute Gasteiger partial charge is 0.306 e. The van der Waals surface area contributed by atoms with Gasteiger partial charge in [-0.25, -0.2) is 4.98 Å². The summed E-state index contributed by atoms with van der Waals surface area (Å²) in [5.41, 5.74) is 0.00794. The quantitative estimate of drug-likeness (QED) is 0.105. The third-order valence-corrected chi connectivity index (χ3v) is 9.81. The van der Waals surface area contributed by atoms with E-state index >= 15 is 8.78 Å². The fourth-order valence-electron chi connectivity index (χ4n) is 6.62. The van der Waals surface area contributed by atoms with E-state index in [4.69, 9.17) is 28.6 Å². The fraction of sp³-hybridized carbons (Fsp3) is 0.697. The first-order chi connectivity index (χ1) is 20.9. The second-order valence-corrected chi connectivity index (χ2v) is 13.3. The minimum absolute atomic E-state index is 0.0146. The van der Waals surface area contributed by atoms with Crippen molar-refractivity contribution in [2.75, 3.05) is 0 Å². The van der Waals surface area contributed by atoms with Crippen LogP contribution in [0.3, 0.4) is 0 Å². The van der Waals surface area contributed by atoms with Crippen LogP contribution in [0, 0.1) is 36.0 Å². The van der Waals surface area contributed by atoms with Gasteiger partial charge in [0.25, 0.3) is 5.92 Å². The van der Waals surface area contributed by atoms with E-state index in [-0.39, 0.29) is 34.4 Å². The summed E-state index contributed by atoms with van der Waals surface area (Å²) in [5, 5.41) is 17.5. The lowest BCUT2D eigenvalue weighted by Crippen LogP contribution is -2.41. The summed E-state index contributed by atoms with van der Waals surface area (Å²) in [5.74, 6) is -7.20. The molecule has 2 fully saturated rings. The largest absolute Gasteiger partial charge is 0.481 e. The molecule has 244 valence electrons. The number of carboxylic acid groups (broad SMARTS) is 1. The highest BCUT2D eigenvalue weighted by atomic mass is 35.5. The Morgan fingerprint density at radius 3 is 2.34 bits per heavy atom. The lowest BCUT2D eigenvalue weighted by molar-refractivity contribution is -0.142. The summed E-state index contributed by atoms with van der Waals surface area (Å²) >= 11 is 12.6. The number of nitrogens with zero attached hydrogens (tertiary/aromatic N) is 2. The number of ketones is 2. The van der Waals surface area contributed by atoms with E-state index in [1.165, 1.54) is 39.0 Å². The van der Waals surface area contributed by atoms with E-state index in [0.717, 1.165) is 19.1 Å². The van der Waals surface area contributed by atoms with Gasteiger partial charge in [0.2, 0.25) is 0 Å². The Labute approximate surface area is 269 Å². The molecule has 7 nitrogen and oxygen atoms in total. The van der Waals surface area contributed by atoms with Crippen molar-refractivity contribution in [3.63, 3.8) is 0 Å². The number of carboxylic acids is 1. The van der Waals surface area contributed by atoms with Crippen LogP contribution in [0.1, 0.15) is 119 Å². The molecule has 44 heavy (non-hydrogen) atoms. The van der Waals surface area contributed by atoms with E-state index in [1.54, 1.807) is 13.0 Å². The monoisotopic (exact) mass is 655 g/mol. The maximum absolute atomic E-state index is 15.3. The third-order valence-electron chi connectivity index (χ3n) is 9.24. The Kier molecular flexibility index (Phi) is 13.9. The highest BCUT2D eigenvalue weighted by Crippen LogP contribution is 2.34. The van der Waals surface area contributed by atoms with Crippen molar-refractivity contribution in [2.24, 2.45) is 28.7 Å². The molecule has 1 aromatic heterocycles. The molecule has 2 atom stereocenters. The Bertz CT molecular complexity index is 1190. The molecule has 0 amide bonds. The second kappa shape index (κ2) is 16.9. The molecular weight excluding hydrogens is 611 g/mol. The van der Waals surface area contributed by atoms with Crippen molar-refractivity contribution in [3.8, 4) is 0 Å². The summed E-state index contributed by atoms with van der Waals surface area (Å²) in [6.45, 7) is 3.01. The Hall–Kier alpha value is -2.26. The van der Waals surface area contributed by atoms with Crippen LogP contribution in [0.25, 0.3) is 0 Å². The van der Waals surface area contributed by atoms with Crippen molar-refractivity contribution < 1.29 is 28.3 Å². The molecule has 2 aliphatic rings. The van der Waals surface area contributed by atoms with Crippen LogP contribution in [0.5, 0.6) is 0 Å². The Balaban J connectivity index is 1.82. The first-order valence-electron chi connectivity index (χ1n) is 15.9. The number of alkyl halides is 2. The van der Waals surface area contributed by atoms with Crippen LogP contribution in [0.15, 0.2) is 11.1 Å². The van der Waals surface area contributed by atoms with Gasteiger partial charge in [0.1, 0.15) is 10.9 Å². The zero-order chi connectivity index (χ0) is 32.4. The van der Waals surface area contributed by atoms with Gasteiger partial charge < -0.3 is 10.5 Å². The minimum Gasteiger partial charge on any atom is -0.481 e. The first kappa shape index (κ1) is 36.2. The number of rotatable bonds is 16. The van der Waals surface area contributed by atoms with Gasteiger partial charge in [-0.1, -0.05) is 75.1 Å². The molecule has 0 aliphatic heterocycles. The van der Waals surface area contributed by atoms with Gasteiger partial charge in [-0.15, -0.1) is 0 Å². The summed E-state index contributed by atoms with van der Waals surface area (Å²) in [6, 6.07) is 1.01. The van der Waals surface area contributed by atoms with Gasteiger partial charge in [0.05, 0.1) is 34.2 Å². The highest BCUT2D eigenvalue weighted by Gasteiger charge is 2.42. The number of pyridine rings is 1. The van der Waals surface area contributed by atoms with Gasteiger partial charge in [0, 0.05) is 31.2 Å². The van der Waals surface area contributed by atoms with Crippen LogP contribution in [0.4, 0.5) is 8.78 Å². The van der Waals surface area contributed by atoms with Gasteiger partial charge in [0.15, 0.2) is 5.78 Å². The molecule has 0 aromatic carbocycles. The topological polar surface area (TPSA) is 121 Å². The number of carbonyl (C=O) groups excluding carboxylic acids is 2. The minimum atomic E-state index is -3.41. The van der Waals surface area contributed by atoms with E-state index < -0.39 is 53.6 Å². The zero-order valence-corrected chi connectivity index (χ0v) is 27.2. The molecule has 2 aliphatic carbocycles. The average Bonchev–Trinajstić information content (AvgIpc) is 2.97. The maximum Gasteiger partial charge on any atom is 0.306 e. The van der Waals surface area contributed by atoms with E-state index in [0.29, 0.717) is 43.7 Å². The predicted octanol–water partition coefficient (Wildman–Crippen LogP) is 8.99. The fourth-order valence-corrected chi connectivity index (χ4v) is 7.37. The highest BCUT2D eigenvalue weighted by molar-refractivity contribution is 6.39. The molecule has 11 heteroatoms. The van der Waals surface area contributed by atoms with E-state index in [2.05, 4.69) is 9.98 Å². The van der Waals surface area contributed by atoms with Gasteiger partial charge in [-0.2, -0.15) is 8.78 Å². The van der Waals surface area contributed by atoms with Gasteiger partial charge in [-0.05, 0) is 56.9 Å². The molecule has 2 unspecified atom stereocenters. The first-order valence-corrected chi connectivity index (χ1v) is 16.7. The molecule has 0 radical (unpaired) electrons. The van der Waals surface area contributed by atoms with Crippen LogP contribution in [-0.2, 0) is 9.59 Å². The predicted molar refractivity (Wildman–Crippen MR) is 170 cm³/mol. The molecule has 2 saturated carbocycles. The molecule has 0 saturated heterocycles. The zero-order valence-electron chi connectivity index (χ0n) is 25.7. The lowest BCUT2D eigenvalue weighted by Gasteiger charge is -2.28. The summed E-state index contributed by atoms with van der Waals surface area (Å²) in [6.07, 6.45) is 9.49. The Morgan fingerprint density at radius 2 is 1.77 bits per heavy atom. The molecular formula is C33H45Cl2F2N3O4. The van der Waals surface area contributed by atoms with Crippen LogP contribution < -0.4 is 0 Å². The van der Waals surface area contributed by atoms with E-state index in [9.17, 15) is 19.5 Å².